The summed E-state index contributed by atoms with van der Waals surface area (Å²) in [5, 5.41) is -0.0712. The van der Waals surface area contributed by atoms with E-state index in [9.17, 15) is 0 Å². The van der Waals surface area contributed by atoms with Gasteiger partial charge < -0.3 is 9.59 Å². The first kappa shape index (κ1) is 8.24. The van der Waals surface area contributed by atoms with Gasteiger partial charge in [-0.15, -0.1) is 0 Å². The van der Waals surface area contributed by atoms with Crippen LogP contribution in [0.4, 0.5) is 0 Å². The maximum absolute atomic E-state index is 9.13. The molecule has 0 amide bonds. The fourth-order valence-electron chi connectivity index (χ4n) is 1.62. The van der Waals surface area contributed by atoms with E-state index in [0.717, 1.165) is 12.8 Å². The Morgan fingerprint density at radius 2 is 1.60 bits per heavy atom. The molecular weight excluding hydrogens is 144 g/mol. The van der Waals surface area contributed by atoms with Crippen LogP contribution < -0.4 is 0 Å². The second-order valence-electron chi connectivity index (χ2n) is 3.59. The van der Waals surface area contributed by atoms with E-state index in [1.807, 2.05) is 6.92 Å². The molecule has 0 heterocycles. The van der Waals surface area contributed by atoms with Crippen LogP contribution >= 0.6 is 0 Å². The molecule has 2 nitrogen and oxygen atoms in total. The standard InChI is InChI=1S/C7H16O2Si/c1-7(10(8)9)5-3-2-4-6-7/h8-10H,2-6H2,1H3. The molecule has 60 valence electrons. The van der Waals surface area contributed by atoms with Gasteiger partial charge in [-0.05, 0) is 12.8 Å². The van der Waals surface area contributed by atoms with E-state index in [4.69, 9.17) is 9.59 Å². The molecule has 3 heteroatoms. The van der Waals surface area contributed by atoms with Crippen molar-refractivity contribution in [2.24, 2.45) is 0 Å². The van der Waals surface area contributed by atoms with Crippen LogP contribution in [0.15, 0.2) is 0 Å². The fraction of sp³-hybridized carbons (Fsp3) is 1.00. The minimum absolute atomic E-state index is 0.0712. The van der Waals surface area contributed by atoms with E-state index in [2.05, 4.69) is 0 Å². The van der Waals surface area contributed by atoms with Crippen molar-refractivity contribution in [1.29, 1.82) is 0 Å². The second-order valence-corrected chi connectivity index (χ2v) is 5.73. The summed E-state index contributed by atoms with van der Waals surface area (Å²) in [7, 11) is -2.37. The SMILES string of the molecule is CC1([SiH](O)O)CCCCC1. The molecule has 1 rings (SSSR count). The average Bonchev–Trinajstić information content (AvgIpc) is 1.89. The van der Waals surface area contributed by atoms with E-state index < -0.39 is 9.28 Å². The quantitative estimate of drug-likeness (QED) is 0.560. The van der Waals surface area contributed by atoms with Crippen LogP contribution in [0.1, 0.15) is 39.0 Å². The summed E-state index contributed by atoms with van der Waals surface area (Å²) in [6.07, 6.45) is 5.69. The molecule has 0 bridgehead atoms. The van der Waals surface area contributed by atoms with Crippen LogP contribution in [0.2, 0.25) is 5.04 Å². The summed E-state index contributed by atoms with van der Waals surface area (Å²) in [5.41, 5.74) is 0. The lowest BCUT2D eigenvalue weighted by Gasteiger charge is -2.33. The summed E-state index contributed by atoms with van der Waals surface area (Å²) >= 11 is 0. The Balaban J connectivity index is 2.48. The van der Waals surface area contributed by atoms with E-state index >= 15 is 0 Å². The second kappa shape index (κ2) is 3.03. The predicted octanol–water partition coefficient (Wildman–Crippen LogP) is 0.916. The van der Waals surface area contributed by atoms with Crippen molar-refractivity contribution in [3.8, 4) is 0 Å². The van der Waals surface area contributed by atoms with Crippen molar-refractivity contribution >= 4 is 9.28 Å². The zero-order chi connectivity index (χ0) is 7.61. The Labute approximate surface area is 63.7 Å². The molecule has 1 fully saturated rings. The first-order valence-electron chi connectivity index (χ1n) is 4.01. The van der Waals surface area contributed by atoms with E-state index in [1.54, 1.807) is 0 Å². The maximum Gasteiger partial charge on any atom is 0.322 e. The largest absolute Gasteiger partial charge is 0.413 e. The van der Waals surface area contributed by atoms with Crippen molar-refractivity contribution in [3.63, 3.8) is 0 Å². The normalized spacial score (nSPS) is 25.2. The highest BCUT2D eigenvalue weighted by molar-refractivity contribution is 6.45. The van der Waals surface area contributed by atoms with Gasteiger partial charge in [0.05, 0.1) is 0 Å². The molecule has 10 heavy (non-hydrogen) atoms. The van der Waals surface area contributed by atoms with Gasteiger partial charge in [0, 0.05) is 5.04 Å². The molecule has 2 N–H and O–H groups in total. The molecule has 0 aromatic carbocycles. The van der Waals surface area contributed by atoms with Crippen LogP contribution in [-0.4, -0.2) is 18.9 Å². The molecule has 0 aromatic heterocycles. The van der Waals surface area contributed by atoms with Gasteiger partial charge in [-0.1, -0.05) is 26.2 Å². The average molecular weight is 160 g/mol. The van der Waals surface area contributed by atoms with Crippen LogP contribution in [0.5, 0.6) is 0 Å². The first-order valence-corrected chi connectivity index (χ1v) is 5.62. The molecule has 0 spiro atoms. The summed E-state index contributed by atoms with van der Waals surface area (Å²) < 4.78 is 0. The van der Waals surface area contributed by atoms with Crippen molar-refractivity contribution in [2.45, 2.75) is 44.1 Å². The highest BCUT2D eigenvalue weighted by atomic mass is 28.3. The predicted molar refractivity (Wildman–Crippen MR) is 43.0 cm³/mol. The lowest BCUT2D eigenvalue weighted by atomic mass is 9.90. The maximum atomic E-state index is 9.13. The molecule has 0 atom stereocenters. The summed E-state index contributed by atoms with van der Waals surface area (Å²) in [6.45, 7) is 2.02. The molecule has 1 saturated carbocycles. The number of hydrogen-bond acceptors (Lipinski definition) is 2. The zero-order valence-corrected chi connectivity index (χ0v) is 7.66. The molecular formula is C7H16O2Si. The lowest BCUT2D eigenvalue weighted by Crippen LogP contribution is -2.32. The van der Waals surface area contributed by atoms with Gasteiger partial charge in [-0.3, -0.25) is 0 Å². The Kier molecular flexibility index (Phi) is 2.49. The smallest absolute Gasteiger partial charge is 0.322 e. The van der Waals surface area contributed by atoms with Crippen LogP contribution in [0, 0.1) is 0 Å². The molecule has 0 saturated heterocycles. The van der Waals surface area contributed by atoms with Gasteiger partial charge in [0.2, 0.25) is 0 Å². The van der Waals surface area contributed by atoms with Crippen molar-refractivity contribution < 1.29 is 9.59 Å². The molecule has 0 aliphatic heterocycles. The Morgan fingerprint density at radius 1 is 1.10 bits per heavy atom. The summed E-state index contributed by atoms with van der Waals surface area (Å²) in [6, 6.07) is 0. The lowest BCUT2D eigenvalue weighted by molar-refractivity contribution is 0.289. The number of hydrogen-bond donors (Lipinski definition) is 2. The molecule has 0 unspecified atom stereocenters. The van der Waals surface area contributed by atoms with Gasteiger partial charge in [-0.2, -0.15) is 0 Å². The molecule has 0 radical (unpaired) electrons. The third-order valence-corrected chi connectivity index (χ3v) is 4.44. The Hall–Kier alpha value is 0.137. The van der Waals surface area contributed by atoms with Gasteiger partial charge in [0.1, 0.15) is 0 Å². The van der Waals surface area contributed by atoms with E-state index in [0.29, 0.717) is 0 Å². The third-order valence-electron chi connectivity index (χ3n) is 2.62. The Bertz CT molecular complexity index is 108. The van der Waals surface area contributed by atoms with Crippen LogP contribution in [0.25, 0.3) is 0 Å². The van der Waals surface area contributed by atoms with Gasteiger partial charge in [0.25, 0.3) is 0 Å². The highest BCUT2D eigenvalue weighted by Crippen LogP contribution is 2.43. The van der Waals surface area contributed by atoms with Crippen LogP contribution in [-0.2, 0) is 0 Å². The first-order chi connectivity index (χ1) is 4.65. The van der Waals surface area contributed by atoms with Gasteiger partial charge in [-0.25, -0.2) is 0 Å². The molecule has 1 aliphatic carbocycles. The topological polar surface area (TPSA) is 40.5 Å². The van der Waals surface area contributed by atoms with Crippen molar-refractivity contribution in [3.05, 3.63) is 0 Å². The summed E-state index contributed by atoms with van der Waals surface area (Å²) in [5.74, 6) is 0. The summed E-state index contributed by atoms with van der Waals surface area (Å²) in [4.78, 5) is 18.3. The zero-order valence-electron chi connectivity index (χ0n) is 6.51. The third kappa shape index (κ3) is 1.59. The van der Waals surface area contributed by atoms with Crippen LogP contribution in [0.3, 0.4) is 0 Å². The minimum atomic E-state index is -2.37. The van der Waals surface area contributed by atoms with E-state index in [-0.39, 0.29) is 5.04 Å². The van der Waals surface area contributed by atoms with Gasteiger partial charge in [0.15, 0.2) is 0 Å². The minimum Gasteiger partial charge on any atom is -0.413 e. The Morgan fingerprint density at radius 3 is 1.90 bits per heavy atom. The molecule has 1 aliphatic rings. The highest BCUT2D eigenvalue weighted by Gasteiger charge is 2.35. The number of rotatable bonds is 1. The van der Waals surface area contributed by atoms with E-state index in [1.165, 1.54) is 19.3 Å². The van der Waals surface area contributed by atoms with Crippen molar-refractivity contribution in [2.75, 3.05) is 0 Å². The molecule has 0 aromatic rings. The van der Waals surface area contributed by atoms with Crippen molar-refractivity contribution in [1.82, 2.24) is 0 Å². The monoisotopic (exact) mass is 160 g/mol. The van der Waals surface area contributed by atoms with Gasteiger partial charge >= 0.3 is 9.28 Å². The fourth-order valence-corrected chi connectivity index (χ4v) is 2.54.